The first kappa shape index (κ1) is 18.0. The van der Waals surface area contributed by atoms with Gasteiger partial charge in [0, 0.05) is 19.6 Å². The Labute approximate surface area is 126 Å². The molecule has 0 bridgehead atoms. The summed E-state index contributed by atoms with van der Waals surface area (Å²) in [6, 6.07) is 4.18. The monoisotopic (exact) mass is 317 g/mol. The van der Waals surface area contributed by atoms with E-state index in [4.69, 9.17) is 0 Å². The second-order valence-corrected chi connectivity index (χ2v) is 6.88. The van der Waals surface area contributed by atoms with Gasteiger partial charge in [-0.05, 0) is 44.8 Å². The number of nitrogens with zero attached hydrogens (tertiary/aromatic N) is 1. The van der Waals surface area contributed by atoms with E-state index < -0.39 is 15.8 Å². The summed E-state index contributed by atoms with van der Waals surface area (Å²) in [5.74, 6) is -0.730. The Balaban J connectivity index is 2.81. The van der Waals surface area contributed by atoms with Crippen molar-refractivity contribution in [2.75, 3.05) is 33.7 Å². The molecule has 1 aromatic carbocycles. The van der Waals surface area contributed by atoms with Crippen LogP contribution in [0.5, 0.6) is 0 Å². The highest BCUT2D eigenvalue weighted by molar-refractivity contribution is 7.89. The maximum absolute atomic E-state index is 13.8. The van der Waals surface area contributed by atoms with E-state index in [9.17, 15) is 12.8 Å². The van der Waals surface area contributed by atoms with Gasteiger partial charge in [0.25, 0.3) is 0 Å². The molecule has 0 aromatic heterocycles. The summed E-state index contributed by atoms with van der Waals surface area (Å²) in [5, 5.41) is 3.16. The predicted molar refractivity (Wildman–Crippen MR) is 82.1 cm³/mol. The Morgan fingerprint density at radius 1 is 1.24 bits per heavy atom. The van der Waals surface area contributed by atoms with Crippen molar-refractivity contribution < 1.29 is 12.8 Å². The molecule has 0 saturated heterocycles. The van der Waals surface area contributed by atoms with Crippen LogP contribution in [0.2, 0.25) is 0 Å². The topological polar surface area (TPSA) is 61.4 Å². The third-order valence-corrected chi connectivity index (χ3v) is 4.37. The van der Waals surface area contributed by atoms with E-state index in [0.717, 1.165) is 18.5 Å². The number of nitrogens with one attached hydrogen (secondary N) is 2. The van der Waals surface area contributed by atoms with E-state index in [0.29, 0.717) is 13.1 Å². The fourth-order valence-electron chi connectivity index (χ4n) is 1.75. The first-order valence-corrected chi connectivity index (χ1v) is 8.48. The van der Waals surface area contributed by atoms with Crippen molar-refractivity contribution in [3.05, 3.63) is 29.6 Å². The Hall–Kier alpha value is -1.02. The Kier molecular flexibility index (Phi) is 7.24. The van der Waals surface area contributed by atoms with Crippen LogP contribution in [0.4, 0.5) is 4.39 Å². The van der Waals surface area contributed by atoms with Gasteiger partial charge in [-0.3, -0.25) is 0 Å². The Morgan fingerprint density at radius 2 is 1.95 bits per heavy atom. The molecular formula is C14H24FN3O2S. The van der Waals surface area contributed by atoms with Crippen LogP contribution in [0.25, 0.3) is 0 Å². The van der Waals surface area contributed by atoms with Crippen LogP contribution < -0.4 is 10.0 Å². The van der Waals surface area contributed by atoms with Gasteiger partial charge in [-0.2, -0.15) is 0 Å². The van der Waals surface area contributed by atoms with Crippen LogP contribution in [0, 0.1) is 5.82 Å². The molecule has 0 fully saturated rings. The number of benzene rings is 1. The molecule has 0 unspecified atom stereocenters. The zero-order valence-corrected chi connectivity index (χ0v) is 13.6. The smallest absolute Gasteiger partial charge is 0.243 e. The summed E-state index contributed by atoms with van der Waals surface area (Å²) in [4.78, 5) is 1.56. The highest BCUT2D eigenvalue weighted by atomic mass is 32.2. The SMILES string of the molecule is CCCNCc1ccc(F)c(S(=O)(=O)NCCN(C)C)c1. The predicted octanol–water partition coefficient (Wildman–Crippen LogP) is 1.17. The van der Waals surface area contributed by atoms with Gasteiger partial charge in [-0.1, -0.05) is 13.0 Å². The molecule has 1 rings (SSSR count). The zero-order chi connectivity index (χ0) is 15.9. The third-order valence-electron chi connectivity index (χ3n) is 2.89. The van der Waals surface area contributed by atoms with Crippen molar-refractivity contribution in [3.63, 3.8) is 0 Å². The number of sulfonamides is 1. The van der Waals surface area contributed by atoms with E-state index in [2.05, 4.69) is 10.0 Å². The van der Waals surface area contributed by atoms with E-state index in [1.54, 1.807) is 6.07 Å². The lowest BCUT2D eigenvalue weighted by Crippen LogP contribution is -2.32. The number of hydrogen-bond donors (Lipinski definition) is 2. The van der Waals surface area contributed by atoms with Gasteiger partial charge in [0.2, 0.25) is 10.0 Å². The van der Waals surface area contributed by atoms with Gasteiger partial charge < -0.3 is 10.2 Å². The van der Waals surface area contributed by atoms with Gasteiger partial charge in [-0.15, -0.1) is 0 Å². The normalized spacial score (nSPS) is 12.0. The molecule has 0 aliphatic carbocycles. The molecule has 0 saturated carbocycles. The molecule has 0 atom stereocenters. The second kappa shape index (κ2) is 8.43. The van der Waals surface area contributed by atoms with Crippen LogP contribution in [0.1, 0.15) is 18.9 Å². The molecule has 21 heavy (non-hydrogen) atoms. The summed E-state index contributed by atoms with van der Waals surface area (Å²) in [6.45, 7) is 4.20. The average molecular weight is 317 g/mol. The fourth-order valence-corrected chi connectivity index (χ4v) is 2.90. The molecule has 0 heterocycles. The Bertz CT molecular complexity index is 547. The molecule has 2 N–H and O–H groups in total. The molecule has 120 valence electrons. The zero-order valence-electron chi connectivity index (χ0n) is 12.8. The van der Waals surface area contributed by atoms with Crippen molar-refractivity contribution >= 4 is 10.0 Å². The summed E-state index contributed by atoms with van der Waals surface area (Å²) in [5.41, 5.74) is 0.748. The lowest BCUT2D eigenvalue weighted by Gasteiger charge is -2.12. The lowest BCUT2D eigenvalue weighted by atomic mass is 10.2. The van der Waals surface area contributed by atoms with E-state index in [1.807, 2.05) is 25.9 Å². The highest BCUT2D eigenvalue weighted by Gasteiger charge is 2.19. The summed E-state index contributed by atoms with van der Waals surface area (Å²) < 4.78 is 40.5. The van der Waals surface area contributed by atoms with Crippen molar-refractivity contribution in [2.45, 2.75) is 24.8 Å². The lowest BCUT2D eigenvalue weighted by molar-refractivity contribution is 0.412. The summed E-state index contributed by atoms with van der Waals surface area (Å²) in [6.07, 6.45) is 0.985. The molecule has 7 heteroatoms. The maximum Gasteiger partial charge on any atom is 0.243 e. The number of likely N-dealkylation sites (N-methyl/N-ethyl adjacent to an activating group) is 1. The van der Waals surface area contributed by atoms with Gasteiger partial charge >= 0.3 is 0 Å². The number of hydrogen-bond acceptors (Lipinski definition) is 4. The Morgan fingerprint density at radius 3 is 2.57 bits per heavy atom. The molecular weight excluding hydrogens is 293 g/mol. The standard InChI is InChI=1S/C14H24FN3O2S/c1-4-7-16-11-12-5-6-13(15)14(10-12)21(19,20)17-8-9-18(2)3/h5-6,10,16-17H,4,7-9,11H2,1-3H3. The van der Waals surface area contributed by atoms with E-state index in [1.165, 1.54) is 12.1 Å². The first-order valence-electron chi connectivity index (χ1n) is 7.00. The third kappa shape index (κ3) is 6.09. The number of rotatable bonds is 9. The van der Waals surface area contributed by atoms with Gasteiger partial charge in [0.05, 0.1) is 0 Å². The molecule has 5 nitrogen and oxygen atoms in total. The minimum atomic E-state index is -3.82. The largest absolute Gasteiger partial charge is 0.313 e. The van der Waals surface area contributed by atoms with E-state index in [-0.39, 0.29) is 11.4 Å². The molecule has 0 radical (unpaired) electrons. The number of halogens is 1. The summed E-state index contributed by atoms with van der Waals surface area (Å²) >= 11 is 0. The van der Waals surface area contributed by atoms with Crippen LogP contribution >= 0.6 is 0 Å². The molecule has 1 aromatic rings. The summed E-state index contributed by atoms with van der Waals surface area (Å²) in [7, 11) is -0.135. The van der Waals surface area contributed by atoms with Crippen LogP contribution in [0.15, 0.2) is 23.1 Å². The first-order chi connectivity index (χ1) is 9.86. The molecule has 0 aliphatic heterocycles. The molecule has 0 aliphatic rings. The van der Waals surface area contributed by atoms with Crippen molar-refractivity contribution in [3.8, 4) is 0 Å². The maximum atomic E-state index is 13.8. The van der Waals surface area contributed by atoms with E-state index >= 15 is 0 Å². The minimum Gasteiger partial charge on any atom is -0.313 e. The van der Waals surface area contributed by atoms with Crippen LogP contribution in [-0.4, -0.2) is 47.0 Å². The second-order valence-electron chi connectivity index (χ2n) is 5.14. The van der Waals surface area contributed by atoms with Crippen molar-refractivity contribution in [2.24, 2.45) is 0 Å². The molecule has 0 spiro atoms. The quantitative estimate of drug-likeness (QED) is 0.671. The van der Waals surface area contributed by atoms with Crippen molar-refractivity contribution in [1.82, 2.24) is 14.9 Å². The fraction of sp³-hybridized carbons (Fsp3) is 0.571. The highest BCUT2D eigenvalue weighted by Crippen LogP contribution is 2.16. The molecule has 0 amide bonds. The van der Waals surface area contributed by atoms with Crippen LogP contribution in [-0.2, 0) is 16.6 Å². The van der Waals surface area contributed by atoms with Gasteiger partial charge in [-0.25, -0.2) is 17.5 Å². The van der Waals surface area contributed by atoms with Crippen LogP contribution in [0.3, 0.4) is 0 Å². The minimum absolute atomic E-state index is 0.243. The average Bonchev–Trinajstić information content (AvgIpc) is 2.40. The van der Waals surface area contributed by atoms with Gasteiger partial charge in [0.1, 0.15) is 10.7 Å². The van der Waals surface area contributed by atoms with Gasteiger partial charge in [0.15, 0.2) is 0 Å². The van der Waals surface area contributed by atoms with Crippen molar-refractivity contribution in [1.29, 1.82) is 0 Å².